The van der Waals surface area contributed by atoms with Gasteiger partial charge in [0, 0.05) is 48.9 Å². The normalized spacial score (nSPS) is 22.3. The molecule has 7 heteroatoms. The lowest BCUT2D eigenvalue weighted by Gasteiger charge is -2.31. The zero-order chi connectivity index (χ0) is 20.3. The minimum absolute atomic E-state index is 0.120. The van der Waals surface area contributed by atoms with E-state index in [1.807, 2.05) is 29.4 Å². The lowest BCUT2D eigenvalue weighted by molar-refractivity contribution is 0.0341. The number of rotatable bonds is 6. The number of furan rings is 1. The number of carbonyl (C=O) groups is 1. The van der Waals surface area contributed by atoms with E-state index in [0.717, 1.165) is 87.0 Å². The maximum atomic E-state index is 12.9. The first kappa shape index (κ1) is 19.6. The number of amides is 1. The van der Waals surface area contributed by atoms with E-state index in [1.165, 1.54) is 0 Å². The molecule has 0 aliphatic carbocycles. The second-order valence-corrected chi connectivity index (χ2v) is 8.31. The van der Waals surface area contributed by atoms with Gasteiger partial charge in [-0.1, -0.05) is 6.07 Å². The van der Waals surface area contributed by atoms with Gasteiger partial charge >= 0.3 is 0 Å². The second kappa shape index (κ2) is 8.79. The molecule has 1 aromatic heterocycles. The first-order chi connectivity index (χ1) is 14.8. The number of ether oxygens (including phenoxy) is 2. The fourth-order valence-corrected chi connectivity index (χ4v) is 4.61. The predicted octanol–water partition coefficient (Wildman–Crippen LogP) is 2.40. The molecule has 1 unspecified atom stereocenters. The highest BCUT2D eigenvalue weighted by atomic mass is 16.5. The molecule has 1 N–H and O–H groups in total. The molecule has 0 radical (unpaired) electrons. The van der Waals surface area contributed by atoms with Crippen molar-refractivity contribution >= 4 is 5.91 Å². The summed E-state index contributed by atoms with van der Waals surface area (Å²) in [5.41, 5.74) is 2.92. The molecule has 3 aliphatic heterocycles. The van der Waals surface area contributed by atoms with Crippen molar-refractivity contribution in [1.29, 1.82) is 0 Å². The average Bonchev–Trinajstić information content (AvgIpc) is 3.38. The lowest BCUT2D eigenvalue weighted by Crippen LogP contribution is -2.46. The Bertz CT molecular complexity index is 884. The highest BCUT2D eigenvalue weighted by Crippen LogP contribution is 2.33. The number of piperidine rings is 1. The number of benzene rings is 1. The van der Waals surface area contributed by atoms with Crippen LogP contribution in [-0.4, -0.2) is 61.1 Å². The van der Waals surface area contributed by atoms with Crippen LogP contribution in [0.1, 0.15) is 40.1 Å². The van der Waals surface area contributed by atoms with E-state index in [2.05, 4.69) is 16.3 Å². The zero-order valence-corrected chi connectivity index (χ0v) is 17.3. The van der Waals surface area contributed by atoms with Crippen LogP contribution in [0.15, 0.2) is 34.9 Å². The summed E-state index contributed by atoms with van der Waals surface area (Å²) in [7, 11) is 0. The van der Waals surface area contributed by atoms with Crippen LogP contribution in [0.4, 0.5) is 0 Å². The Balaban J connectivity index is 1.22. The zero-order valence-electron chi connectivity index (χ0n) is 17.3. The number of nitrogens with zero attached hydrogens (tertiary/aromatic N) is 2. The van der Waals surface area contributed by atoms with Gasteiger partial charge in [-0.2, -0.15) is 0 Å². The molecule has 1 atom stereocenters. The summed E-state index contributed by atoms with van der Waals surface area (Å²) < 4.78 is 17.2. The third kappa shape index (κ3) is 4.10. The van der Waals surface area contributed by atoms with Crippen molar-refractivity contribution in [3.05, 3.63) is 53.0 Å². The van der Waals surface area contributed by atoms with Crippen molar-refractivity contribution in [3.8, 4) is 5.75 Å². The number of carbonyl (C=O) groups excluding carboxylic acids is 1. The minimum atomic E-state index is 0.120. The molecule has 30 heavy (non-hydrogen) atoms. The third-order valence-corrected chi connectivity index (χ3v) is 6.25. The van der Waals surface area contributed by atoms with E-state index in [0.29, 0.717) is 13.2 Å². The molecule has 2 fully saturated rings. The van der Waals surface area contributed by atoms with E-state index in [9.17, 15) is 4.79 Å². The van der Waals surface area contributed by atoms with Crippen LogP contribution in [0.25, 0.3) is 0 Å². The fraction of sp³-hybridized carbons (Fsp3) is 0.522. The summed E-state index contributed by atoms with van der Waals surface area (Å²) in [6.45, 7) is 7.24. The van der Waals surface area contributed by atoms with Gasteiger partial charge in [0.1, 0.15) is 18.1 Å². The maximum absolute atomic E-state index is 12.9. The first-order valence-electron chi connectivity index (χ1n) is 10.9. The van der Waals surface area contributed by atoms with Gasteiger partial charge in [0.2, 0.25) is 0 Å². The Morgan fingerprint density at radius 3 is 2.97 bits per heavy atom. The topological polar surface area (TPSA) is 67.2 Å². The molecule has 5 rings (SSSR count). The highest BCUT2D eigenvalue weighted by Gasteiger charge is 2.35. The molecule has 0 spiro atoms. The van der Waals surface area contributed by atoms with Crippen molar-refractivity contribution in [3.63, 3.8) is 0 Å². The van der Waals surface area contributed by atoms with Gasteiger partial charge in [0.05, 0.1) is 26.0 Å². The van der Waals surface area contributed by atoms with Crippen molar-refractivity contribution in [2.45, 2.75) is 38.6 Å². The van der Waals surface area contributed by atoms with Gasteiger partial charge in [-0.3, -0.25) is 9.69 Å². The largest absolute Gasteiger partial charge is 0.485 e. The molecule has 0 bridgehead atoms. The van der Waals surface area contributed by atoms with Crippen LogP contribution in [-0.2, 0) is 24.4 Å². The van der Waals surface area contributed by atoms with Crippen LogP contribution in [0, 0.1) is 0 Å². The minimum Gasteiger partial charge on any atom is -0.485 e. The Kier molecular flexibility index (Phi) is 5.75. The number of hydrogen-bond acceptors (Lipinski definition) is 6. The lowest BCUT2D eigenvalue weighted by atomic mass is 10.1. The van der Waals surface area contributed by atoms with E-state index in [1.54, 1.807) is 0 Å². The summed E-state index contributed by atoms with van der Waals surface area (Å²) in [6, 6.07) is 8.09. The highest BCUT2D eigenvalue weighted by molar-refractivity contribution is 5.99. The standard InChI is InChI=1S/C23H29N3O4/c27-23-20-4-1-5-22(21(20)14-26(23)18-3-2-6-24-12-18)30-16-19-11-17(15-29-19)13-25-7-9-28-10-8-25/h1,4-5,11,15,18,24H,2-3,6-10,12-14,16H2. The molecular formula is C23H29N3O4. The molecule has 7 nitrogen and oxygen atoms in total. The molecule has 1 amide bonds. The molecular weight excluding hydrogens is 382 g/mol. The molecule has 0 saturated carbocycles. The van der Waals surface area contributed by atoms with Gasteiger partial charge in [-0.15, -0.1) is 0 Å². The second-order valence-electron chi connectivity index (χ2n) is 8.31. The quantitative estimate of drug-likeness (QED) is 0.787. The number of nitrogens with one attached hydrogen (secondary N) is 1. The monoisotopic (exact) mass is 411 g/mol. The van der Waals surface area contributed by atoms with Crippen LogP contribution in [0.3, 0.4) is 0 Å². The van der Waals surface area contributed by atoms with Crippen molar-refractivity contribution in [2.75, 3.05) is 39.4 Å². The third-order valence-electron chi connectivity index (χ3n) is 6.25. The van der Waals surface area contributed by atoms with Gasteiger partial charge in [0.15, 0.2) is 0 Å². The molecule has 1 aromatic carbocycles. The van der Waals surface area contributed by atoms with Crippen LogP contribution < -0.4 is 10.1 Å². The van der Waals surface area contributed by atoms with Gasteiger partial charge < -0.3 is 24.1 Å². The van der Waals surface area contributed by atoms with Crippen LogP contribution >= 0.6 is 0 Å². The summed E-state index contributed by atoms with van der Waals surface area (Å²) in [6.07, 6.45) is 3.98. The summed E-state index contributed by atoms with van der Waals surface area (Å²) in [5, 5.41) is 3.40. The van der Waals surface area contributed by atoms with E-state index in [-0.39, 0.29) is 11.9 Å². The Morgan fingerprint density at radius 1 is 1.23 bits per heavy atom. The van der Waals surface area contributed by atoms with E-state index < -0.39 is 0 Å². The molecule has 2 saturated heterocycles. The number of fused-ring (bicyclic) bond motifs is 1. The Hall–Kier alpha value is -2.35. The van der Waals surface area contributed by atoms with Crippen molar-refractivity contribution < 1.29 is 18.7 Å². The van der Waals surface area contributed by atoms with Crippen LogP contribution in [0.5, 0.6) is 5.75 Å². The Morgan fingerprint density at radius 2 is 2.13 bits per heavy atom. The molecule has 4 heterocycles. The summed E-state index contributed by atoms with van der Waals surface area (Å²) >= 11 is 0. The average molecular weight is 412 g/mol. The van der Waals surface area contributed by atoms with Crippen molar-refractivity contribution in [2.24, 2.45) is 0 Å². The first-order valence-corrected chi connectivity index (χ1v) is 10.9. The summed E-state index contributed by atoms with van der Waals surface area (Å²) in [5.74, 6) is 1.70. The Labute approximate surface area is 176 Å². The molecule has 160 valence electrons. The van der Waals surface area contributed by atoms with Gasteiger partial charge in [0.25, 0.3) is 5.91 Å². The molecule has 3 aliphatic rings. The SMILES string of the molecule is O=C1c2cccc(OCc3cc(CN4CCOCC4)co3)c2CN1C1CCCNC1. The van der Waals surface area contributed by atoms with Gasteiger partial charge in [-0.05, 0) is 37.6 Å². The van der Waals surface area contributed by atoms with Crippen molar-refractivity contribution in [1.82, 2.24) is 15.1 Å². The molecule has 2 aromatic rings. The smallest absolute Gasteiger partial charge is 0.254 e. The van der Waals surface area contributed by atoms with E-state index in [4.69, 9.17) is 13.9 Å². The maximum Gasteiger partial charge on any atom is 0.254 e. The van der Waals surface area contributed by atoms with Crippen LogP contribution in [0.2, 0.25) is 0 Å². The number of morpholine rings is 1. The van der Waals surface area contributed by atoms with Gasteiger partial charge in [-0.25, -0.2) is 0 Å². The predicted molar refractivity (Wildman–Crippen MR) is 111 cm³/mol. The van der Waals surface area contributed by atoms with E-state index >= 15 is 0 Å². The summed E-state index contributed by atoms with van der Waals surface area (Å²) in [4.78, 5) is 17.3. The fourth-order valence-electron chi connectivity index (χ4n) is 4.61. The number of hydrogen-bond donors (Lipinski definition) is 1.